The molecule has 1 aromatic carbocycles. The van der Waals surface area contributed by atoms with Crippen LogP contribution in [0.5, 0.6) is 0 Å². The van der Waals surface area contributed by atoms with Crippen molar-refractivity contribution in [3.05, 3.63) is 46.9 Å². The molecule has 0 bridgehead atoms. The van der Waals surface area contributed by atoms with E-state index in [1.807, 2.05) is 20.8 Å². The quantitative estimate of drug-likeness (QED) is 0.836. The minimum Gasteiger partial charge on any atom is -0.338 e. The molecule has 1 heterocycles. The number of halogens is 4. The molecule has 1 N–H and O–H groups in total. The van der Waals surface area contributed by atoms with Crippen molar-refractivity contribution in [3.63, 3.8) is 0 Å². The summed E-state index contributed by atoms with van der Waals surface area (Å²) in [6.45, 7) is 7.37. The number of rotatable bonds is 4. The molecule has 0 aliphatic heterocycles. The first-order chi connectivity index (χ1) is 11.0. The van der Waals surface area contributed by atoms with Crippen LogP contribution in [-0.4, -0.2) is 10.1 Å². The average Bonchev–Trinajstić information content (AvgIpc) is 2.94. The lowest BCUT2D eigenvalue weighted by molar-refractivity contribution is -0.138. The van der Waals surface area contributed by atoms with Crippen molar-refractivity contribution in [1.29, 1.82) is 0 Å². The molecule has 0 aliphatic carbocycles. The lowest BCUT2D eigenvalue weighted by Gasteiger charge is -2.15. The van der Waals surface area contributed by atoms with Crippen molar-refractivity contribution in [1.82, 2.24) is 15.5 Å². The van der Waals surface area contributed by atoms with Gasteiger partial charge in [0.25, 0.3) is 0 Å². The summed E-state index contributed by atoms with van der Waals surface area (Å²) in [5.41, 5.74) is -1.34. The number of nitrogens with one attached hydrogen (secondary N) is 1. The molecule has 0 radical (unpaired) electrons. The van der Waals surface area contributed by atoms with Crippen LogP contribution in [-0.2, 0) is 18.1 Å². The topological polar surface area (TPSA) is 51.0 Å². The van der Waals surface area contributed by atoms with E-state index in [2.05, 4.69) is 15.5 Å². The predicted octanol–water partition coefficient (Wildman–Crippen LogP) is 4.38. The third-order valence-electron chi connectivity index (χ3n) is 3.46. The summed E-state index contributed by atoms with van der Waals surface area (Å²) in [5.74, 6) is -0.120. The first kappa shape index (κ1) is 18.4. The smallest absolute Gasteiger partial charge is 0.338 e. The van der Waals surface area contributed by atoms with Crippen LogP contribution in [0.15, 0.2) is 22.7 Å². The van der Waals surface area contributed by atoms with Gasteiger partial charge < -0.3 is 9.84 Å². The largest absolute Gasteiger partial charge is 0.416 e. The maximum absolute atomic E-state index is 13.1. The molecule has 1 unspecified atom stereocenters. The van der Waals surface area contributed by atoms with Crippen LogP contribution in [0, 0.1) is 5.82 Å². The van der Waals surface area contributed by atoms with Gasteiger partial charge in [-0.25, -0.2) is 4.39 Å². The molecule has 0 amide bonds. The Morgan fingerprint density at radius 2 is 1.88 bits per heavy atom. The maximum atomic E-state index is 13.1. The van der Waals surface area contributed by atoms with Gasteiger partial charge in [0.05, 0.1) is 11.6 Å². The van der Waals surface area contributed by atoms with Gasteiger partial charge in [-0.05, 0) is 24.6 Å². The van der Waals surface area contributed by atoms with Crippen molar-refractivity contribution >= 4 is 0 Å². The van der Waals surface area contributed by atoms with Gasteiger partial charge >= 0.3 is 6.18 Å². The van der Waals surface area contributed by atoms with E-state index in [-0.39, 0.29) is 23.4 Å². The minimum absolute atomic E-state index is 0.0497. The standard InChI is InChI=1S/C16H19F4N3O/c1-9(13-22-14(23-24-13)15(2,3)4)21-8-10-5-6-11(17)7-12(10)16(18,19)20/h5-7,9,21H,8H2,1-4H3. The highest BCUT2D eigenvalue weighted by molar-refractivity contribution is 5.30. The van der Waals surface area contributed by atoms with Crippen molar-refractivity contribution in [3.8, 4) is 0 Å². The van der Waals surface area contributed by atoms with E-state index in [4.69, 9.17) is 4.52 Å². The minimum atomic E-state index is -4.62. The Morgan fingerprint density at radius 1 is 1.21 bits per heavy atom. The van der Waals surface area contributed by atoms with Crippen molar-refractivity contribution in [2.75, 3.05) is 0 Å². The second-order valence-corrected chi connectivity index (χ2v) is 6.61. The van der Waals surface area contributed by atoms with E-state index in [1.54, 1.807) is 6.92 Å². The lowest BCUT2D eigenvalue weighted by atomic mass is 9.96. The van der Waals surface area contributed by atoms with Crippen molar-refractivity contribution < 1.29 is 22.1 Å². The molecule has 2 rings (SSSR count). The van der Waals surface area contributed by atoms with Crippen LogP contribution >= 0.6 is 0 Å². The van der Waals surface area contributed by atoms with Gasteiger partial charge in [-0.3, -0.25) is 0 Å². The first-order valence-electron chi connectivity index (χ1n) is 7.41. The first-order valence-corrected chi connectivity index (χ1v) is 7.41. The zero-order valence-electron chi connectivity index (χ0n) is 13.8. The summed E-state index contributed by atoms with van der Waals surface area (Å²) in [7, 11) is 0. The van der Waals surface area contributed by atoms with E-state index in [9.17, 15) is 17.6 Å². The Labute approximate surface area is 137 Å². The van der Waals surface area contributed by atoms with E-state index < -0.39 is 23.6 Å². The number of benzene rings is 1. The van der Waals surface area contributed by atoms with Gasteiger partial charge in [0, 0.05) is 12.0 Å². The van der Waals surface area contributed by atoms with Gasteiger partial charge in [-0.2, -0.15) is 18.2 Å². The molecule has 0 spiro atoms. The summed E-state index contributed by atoms with van der Waals surface area (Å²) >= 11 is 0. The molecule has 0 saturated carbocycles. The van der Waals surface area contributed by atoms with Gasteiger partial charge in [-0.1, -0.05) is 32.0 Å². The van der Waals surface area contributed by atoms with Crippen LogP contribution in [0.1, 0.15) is 56.6 Å². The summed E-state index contributed by atoms with van der Waals surface area (Å²) < 4.78 is 57.2. The number of aromatic nitrogens is 2. The van der Waals surface area contributed by atoms with Gasteiger partial charge in [-0.15, -0.1) is 0 Å². The summed E-state index contributed by atoms with van der Waals surface area (Å²) in [5, 5.41) is 6.77. The van der Waals surface area contributed by atoms with Crippen LogP contribution in [0.4, 0.5) is 17.6 Å². The molecule has 24 heavy (non-hydrogen) atoms. The Bertz CT molecular complexity index is 704. The van der Waals surface area contributed by atoms with E-state index in [0.717, 1.165) is 12.1 Å². The number of hydrogen-bond acceptors (Lipinski definition) is 4. The zero-order valence-corrected chi connectivity index (χ0v) is 13.8. The Kier molecular flexibility index (Phi) is 4.98. The van der Waals surface area contributed by atoms with Crippen LogP contribution in [0.25, 0.3) is 0 Å². The summed E-state index contributed by atoms with van der Waals surface area (Å²) in [6, 6.07) is 2.17. The SMILES string of the molecule is CC(NCc1ccc(F)cc1C(F)(F)F)c1nc(C(C)(C)C)no1. The maximum Gasteiger partial charge on any atom is 0.416 e. The van der Waals surface area contributed by atoms with Gasteiger partial charge in [0.1, 0.15) is 5.82 Å². The molecule has 132 valence electrons. The van der Waals surface area contributed by atoms with Crippen LogP contribution in [0.3, 0.4) is 0 Å². The molecule has 2 aromatic rings. The molecule has 1 atom stereocenters. The highest BCUT2D eigenvalue weighted by atomic mass is 19.4. The number of hydrogen-bond donors (Lipinski definition) is 1. The fraction of sp³-hybridized carbons (Fsp3) is 0.500. The molecular weight excluding hydrogens is 326 g/mol. The Balaban J connectivity index is 2.12. The normalized spacial score (nSPS) is 14.0. The van der Waals surface area contributed by atoms with Crippen molar-refractivity contribution in [2.45, 2.75) is 51.9 Å². The molecular formula is C16H19F4N3O. The summed E-state index contributed by atoms with van der Waals surface area (Å²) in [4.78, 5) is 4.26. The second kappa shape index (κ2) is 6.51. The fourth-order valence-corrected chi connectivity index (χ4v) is 2.03. The highest BCUT2D eigenvalue weighted by Crippen LogP contribution is 2.32. The Morgan fingerprint density at radius 3 is 2.42 bits per heavy atom. The average molecular weight is 345 g/mol. The lowest BCUT2D eigenvalue weighted by Crippen LogP contribution is -2.21. The summed E-state index contributed by atoms with van der Waals surface area (Å²) in [6.07, 6.45) is -4.62. The molecule has 1 aromatic heterocycles. The molecule has 0 fully saturated rings. The predicted molar refractivity (Wildman–Crippen MR) is 79.7 cm³/mol. The van der Waals surface area contributed by atoms with Crippen molar-refractivity contribution in [2.24, 2.45) is 0 Å². The molecule has 0 aliphatic rings. The Hall–Kier alpha value is -1.96. The monoisotopic (exact) mass is 345 g/mol. The number of nitrogens with zero attached hydrogens (tertiary/aromatic N) is 2. The highest BCUT2D eigenvalue weighted by Gasteiger charge is 2.33. The van der Waals surface area contributed by atoms with E-state index in [0.29, 0.717) is 11.9 Å². The third-order valence-corrected chi connectivity index (χ3v) is 3.46. The van der Waals surface area contributed by atoms with Crippen LogP contribution < -0.4 is 5.32 Å². The van der Waals surface area contributed by atoms with Crippen LogP contribution in [0.2, 0.25) is 0 Å². The molecule has 0 saturated heterocycles. The second-order valence-electron chi connectivity index (χ2n) is 6.61. The van der Waals surface area contributed by atoms with E-state index in [1.165, 1.54) is 0 Å². The third kappa shape index (κ3) is 4.31. The van der Waals surface area contributed by atoms with Gasteiger partial charge in [0.15, 0.2) is 5.82 Å². The zero-order chi connectivity index (χ0) is 18.1. The van der Waals surface area contributed by atoms with Gasteiger partial charge in [0.2, 0.25) is 5.89 Å². The fourth-order valence-electron chi connectivity index (χ4n) is 2.03. The number of alkyl halides is 3. The van der Waals surface area contributed by atoms with E-state index >= 15 is 0 Å². The molecule has 8 heteroatoms. The molecule has 4 nitrogen and oxygen atoms in total.